The van der Waals surface area contributed by atoms with Crippen molar-refractivity contribution >= 4 is 19.7 Å². The van der Waals surface area contributed by atoms with Gasteiger partial charge in [-0.25, -0.2) is 8.42 Å². The molecule has 0 aromatic rings. The van der Waals surface area contributed by atoms with Crippen LogP contribution < -0.4 is 0 Å². The molecular weight excluding hydrogens is 184 g/mol. The molecule has 0 aliphatic heterocycles. The van der Waals surface area contributed by atoms with Crippen LogP contribution >= 0.6 is 10.7 Å². The van der Waals surface area contributed by atoms with Crippen LogP contribution in [0.3, 0.4) is 0 Å². The molecule has 0 aromatic heterocycles. The monoisotopic (exact) mass is 192 g/mol. The lowest BCUT2D eigenvalue weighted by Crippen LogP contribution is -1.99. The van der Waals surface area contributed by atoms with Crippen molar-refractivity contribution in [1.29, 1.82) is 0 Å². The summed E-state index contributed by atoms with van der Waals surface area (Å²) in [6, 6.07) is 0. The van der Waals surface area contributed by atoms with E-state index in [0.29, 0.717) is 5.92 Å². The Morgan fingerprint density at radius 1 is 1.64 bits per heavy atom. The average molecular weight is 193 g/mol. The molecule has 1 unspecified atom stereocenters. The first-order chi connectivity index (χ1) is 5.00. The van der Waals surface area contributed by atoms with Crippen LogP contribution in [0.5, 0.6) is 0 Å². The van der Waals surface area contributed by atoms with Crippen LogP contribution in [0.2, 0.25) is 0 Å². The summed E-state index contributed by atoms with van der Waals surface area (Å²) in [5, 5.41) is 0. The molecule has 0 spiro atoms. The predicted octanol–water partition coefficient (Wildman–Crippen LogP) is 2.03. The molecule has 0 bridgehead atoms. The molecule has 0 amide bonds. The molecule has 1 rings (SSSR count). The standard InChI is InChI=1S/C7H9ClO2S/c1-6-2-4-7(5-3-6)11(8,9)10/h2,4-6H,3H2,1H3. The van der Waals surface area contributed by atoms with E-state index in [1.54, 1.807) is 12.2 Å². The molecule has 0 fully saturated rings. The van der Waals surface area contributed by atoms with Crippen molar-refractivity contribution in [2.45, 2.75) is 13.3 Å². The molecule has 0 heterocycles. The van der Waals surface area contributed by atoms with E-state index in [1.165, 1.54) is 0 Å². The van der Waals surface area contributed by atoms with Gasteiger partial charge >= 0.3 is 0 Å². The first-order valence-electron chi connectivity index (χ1n) is 3.33. The van der Waals surface area contributed by atoms with Gasteiger partial charge in [0.25, 0.3) is 9.05 Å². The zero-order chi connectivity index (χ0) is 8.48. The Hall–Kier alpha value is -0.280. The van der Waals surface area contributed by atoms with Crippen molar-refractivity contribution in [3.63, 3.8) is 0 Å². The van der Waals surface area contributed by atoms with Crippen molar-refractivity contribution < 1.29 is 8.42 Å². The van der Waals surface area contributed by atoms with Crippen LogP contribution in [0.1, 0.15) is 13.3 Å². The number of hydrogen-bond acceptors (Lipinski definition) is 2. The second kappa shape index (κ2) is 2.99. The Morgan fingerprint density at radius 3 is 2.64 bits per heavy atom. The van der Waals surface area contributed by atoms with E-state index in [1.807, 2.05) is 13.0 Å². The Kier molecular flexibility index (Phi) is 2.40. The molecule has 1 atom stereocenters. The van der Waals surface area contributed by atoms with E-state index in [0.717, 1.165) is 6.42 Å². The lowest BCUT2D eigenvalue weighted by atomic mass is 10.0. The van der Waals surface area contributed by atoms with Gasteiger partial charge in [-0.1, -0.05) is 19.1 Å². The van der Waals surface area contributed by atoms with Crippen molar-refractivity contribution in [3.8, 4) is 0 Å². The van der Waals surface area contributed by atoms with Gasteiger partial charge in [-0.05, 0) is 18.4 Å². The molecule has 0 aromatic carbocycles. The van der Waals surface area contributed by atoms with Crippen LogP contribution in [-0.4, -0.2) is 8.42 Å². The minimum absolute atomic E-state index is 0.220. The lowest BCUT2D eigenvalue weighted by molar-refractivity contribution is 0.614. The number of rotatable bonds is 1. The molecular formula is C7H9ClO2S. The summed E-state index contributed by atoms with van der Waals surface area (Å²) < 4.78 is 21.5. The lowest BCUT2D eigenvalue weighted by Gasteiger charge is -2.08. The van der Waals surface area contributed by atoms with Crippen molar-refractivity contribution in [1.82, 2.24) is 0 Å². The highest BCUT2D eigenvalue weighted by Crippen LogP contribution is 2.21. The van der Waals surface area contributed by atoms with Crippen LogP contribution in [0.4, 0.5) is 0 Å². The fourth-order valence-corrected chi connectivity index (χ4v) is 1.77. The highest BCUT2D eigenvalue weighted by Gasteiger charge is 2.13. The van der Waals surface area contributed by atoms with Crippen molar-refractivity contribution in [2.24, 2.45) is 5.92 Å². The Labute approximate surface area is 71.0 Å². The summed E-state index contributed by atoms with van der Waals surface area (Å²) in [6.45, 7) is 2.02. The first-order valence-corrected chi connectivity index (χ1v) is 5.64. The van der Waals surface area contributed by atoms with Gasteiger partial charge in [0.2, 0.25) is 0 Å². The second-order valence-electron chi connectivity index (χ2n) is 2.62. The average Bonchev–Trinajstić information content (AvgIpc) is 1.86. The van der Waals surface area contributed by atoms with Gasteiger partial charge < -0.3 is 0 Å². The van der Waals surface area contributed by atoms with Gasteiger partial charge in [0.15, 0.2) is 0 Å². The summed E-state index contributed by atoms with van der Waals surface area (Å²) in [6.07, 6.45) is 5.79. The SMILES string of the molecule is CC1C=CC(S(=O)(=O)Cl)=CC1. The number of hydrogen-bond donors (Lipinski definition) is 0. The zero-order valence-corrected chi connectivity index (χ0v) is 7.69. The van der Waals surface area contributed by atoms with E-state index in [4.69, 9.17) is 10.7 Å². The topological polar surface area (TPSA) is 34.1 Å². The molecule has 1 aliphatic rings. The minimum Gasteiger partial charge on any atom is -0.207 e. The maximum Gasteiger partial charge on any atom is 0.260 e. The van der Waals surface area contributed by atoms with Gasteiger partial charge in [0.1, 0.15) is 0 Å². The molecule has 2 nitrogen and oxygen atoms in total. The van der Waals surface area contributed by atoms with Gasteiger partial charge in [-0.3, -0.25) is 0 Å². The van der Waals surface area contributed by atoms with E-state index in [2.05, 4.69) is 0 Å². The molecule has 0 N–H and O–H groups in total. The Morgan fingerprint density at radius 2 is 2.27 bits per heavy atom. The maximum absolute atomic E-state index is 10.7. The Balaban J connectivity index is 2.89. The molecule has 4 heteroatoms. The summed E-state index contributed by atoms with van der Waals surface area (Å²) in [7, 11) is 1.61. The fraction of sp³-hybridized carbons (Fsp3) is 0.429. The van der Waals surface area contributed by atoms with Gasteiger partial charge in [-0.2, -0.15) is 0 Å². The minimum atomic E-state index is -3.50. The highest BCUT2D eigenvalue weighted by molar-refractivity contribution is 8.17. The molecule has 1 aliphatic carbocycles. The highest BCUT2D eigenvalue weighted by atomic mass is 35.7. The van der Waals surface area contributed by atoms with Gasteiger partial charge in [-0.15, -0.1) is 0 Å². The quantitative estimate of drug-likeness (QED) is 0.596. The van der Waals surface area contributed by atoms with E-state index in [9.17, 15) is 8.42 Å². The summed E-state index contributed by atoms with van der Waals surface area (Å²) in [4.78, 5) is 0.220. The van der Waals surface area contributed by atoms with Gasteiger partial charge in [0.05, 0.1) is 4.91 Å². The van der Waals surface area contributed by atoms with E-state index >= 15 is 0 Å². The summed E-state index contributed by atoms with van der Waals surface area (Å²) in [5.41, 5.74) is 0. The normalized spacial score (nSPS) is 24.9. The van der Waals surface area contributed by atoms with Crippen LogP contribution in [0.15, 0.2) is 23.1 Å². The van der Waals surface area contributed by atoms with Crippen LogP contribution in [-0.2, 0) is 9.05 Å². The smallest absolute Gasteiger partial charge is 0.207 e. The molecule has 0 saturated carbocycles. The third kappa shape index (κ3) is 2.34. The zero-order valence-electron chi connectivity index (χ0n) is 6.12. The van der Waals surface area contributed by atoms with E-state index in [-0.39, 0.29) is 4.91 Å². The van der Waals surface area contributed by atoms with Crippen molar-refractivity contribution in [3.05, 3.63) is 23.1 Å². The number of allylic oxidation sites excluding steroid dienone is 3. The third-order valence-corrected chi connectivity index (χ3v) is 2.96. The van der Waals surface area contributed by atoms with Gasteiger partial charge in [0, 0.05) is 10.7 Å². The summed E-state index contributed by atoms with van der Waals surface area (Å²) in [5.74, 6) is 0.414. The van der Waals surface area contributed by atoms with E-state index < -0.39 is 9.05 Å². The molecule has 0 saturated heterocycles. The molecule has 62 valence electrons. The first kappa shape index (κ1) is 8.81. The predicted molar refractivity (Wildman–Crippen MR) is 45.8 cm³/mol. The second-order valence-corrected chi connectivity index (χ2v) is 5.18. The Bertz CT molecular complexity index is 300. The fourth-order valence-electron chi connectivity index (χ4n) is 0.889. The molecule has 0 radical (unpaired) electrons. The van der Waals surface area contributed by atoms with Crippen LogP contribution in [0, 0.1) is 5.92 Å². The number of halogens is 1. The van der Waals surface area contributed by atoms with Crippen LogP contribution in [0.25, 0.3) is 0 Å². The van der Waals surface area contributed by atoms with Crippen molar-refractivity contribution in [2.75, 3.05) is 0 Å². The summed E-state index contributed by atoms with van der Waals surface area (Å²) >= 11 is 0. The maximum atomic E-state index is 10.7. The third-order valence-electron chi connectivity index (χ3n) is 1.56. The largest absolute Gasteiger partial charge is 0.260 e. The molecule has 11 heavy (non-hydrogen) atoms.